The Morgan fingerprint density at radius 2 is 2.19 bits per heavy atom. The summed E-state index contributed by atoms with van der Waals surface area (Å²) in [4.78, 5) is 13.0. The van der Waals surface area contributed by atoms with Gasteiger partial charge in [-0.25, -0.2) is 0 Å². The number of halogens is 2. The molecule has 1 aliphatic heterocycles. The summed E-state index contributed by atoms with van der Waals surface area (Å²) in [5, 5.41) is 14.1. The third kappa shape index (κ3) is 5.59. The van der Waals surface area contributed by atoms with Crippen LogP contribution in [0, 0.1) is 0 Å². The number of piperidine rings is 1. The van der Waals surface area contributed by atoms with Crippen LogP contribution in [0.2, 0.25) is 5.02 Å². The molecule has 0 radical (unpaired) electrons. The molecule has 2 aromatic rings. The Kier molecular flexibility index (Phi) is 8.37. The molecule has 1 aromatic carbocycles. The minimum absolute atomic E-state index is 0. The van der Waals surface area contributed by atoms with Gasteiger partial charge in [-0.05, 0) is 43.7 Å². The number of nitrogens with one attached hydrogen (secondary N) is 3. The largest absolute Gasteiger partial charge is 0.383 e. The van der Waals surface area contributed by atoms with Crippen molar-refractivity contribution in [2.45, 2.75) is 18.9 Å². The molecule has 0 aliphatic carbocycles. The normalized spacial score (nSPS) is 16.4. The maximum atomic E-state index is 13.0. The van der Waals surface area contributed by atoms with E-state index in [9.17, 15) is 4.79 Å². The molecular formula is C18H24Cl2N4O3. The fraction of sp³-hybridized carbons (Fsp3) is 0.444. The third-order valence-corrected chi connectivity index (χ3v) is 4.51. The third-order valence-electron chi connectivity index (χ3n) is 4.26. The maximum absolute atomic E-state index is 13.0. The van der Waals surface area contributed by atoms with Crippen LogP contribution in [0.15, 0.2) is 28.8 Å². The van der Waals surface area contributed by atoms with Crippen molar-refractivity contribution in [1.29, 1.82) is 0 Å². The first-order valence-electron chi connectivity index (χ1n) is 8.69. The highest BCUT2D eigenvalue weighted by Gasteiger charge is 2.26. The highest BCUT2D eigenvalue weighted by molar-refractivity contribution is 6.30. The average molecular weight is 415 g/mol. The second-order valence-electron chi connectivity index (χ2n) is 6.18. The van der Waals surface area contributed by atoms with Crippen molar-refractivity contribution in [2.75, 3.05) is 38.7 Å². The van der Waals surface area contributed by atoms with Crippen molar-refractivity contribution in [3.63, 3.8) is 0 Å². The monoisotopic (exact) mass is 414 g/mol. The number of benzene rings is 1. The fourth-order valence-corrected chi connectivity index (χ4v) is 3.05. The van der Waals surface area contributed by atoms with E-state index in [-0.39, 0.29) is 24.4 Å². The van der Waals surface area contributed by atoms with Crippen molar-refractivity contribution in [3.8, 4) is 11.3 Å². The molecule has 0 spiro atoms. The molecule has 1 fully saturated rings. The van der Waals surface area contributed by atoms with Crippen LogP contribution >= 0.6 is 24.0 Å². The van der Waals surface area contributed by atoms with Gasteiger partial charge >= 0.3 is 0 Å². The van der Waals surface area contributed by atoms with Gasteiger partial charge in [0.05, 0.1) is 6.61 Å². The maximum Gasteiger partial charge on any atom is 0.259 e. The van der Waals surface area contributed by atoms with Crippen LogP contribution in [0.1, 0.15) is 23.2 Å². The van der Waals surface area contributed by atoms with E-state index in [4.69, 9.17) is 20.9 Å². The minimum atomic E-state index is -0.204. The zero-order valence-electron chi connectivity index (χ0n) is 15.1. The van der Waals surface area contributed by atoms with Gasteiger partial charge in [-0.2, -0.15) is 0 Å². The van der Waals surface area contributed by atoms with E-state index in [2.05, 4.69) is 21.1 Å². The molecule has 3 rings (SSSR count). The summed E-state index contributed by atoms with van der Waals surface area (Å²) in [6.07, 6.45) is 1.99. The Morgan fingerprint density at radius 3 is 2.85 bits per heavy atom. The van der Waals surface area contributed by atoms with Gasteiger partial charge in [0.15, 0.2) is 11.6 Å². The molecule has 0 saturated carbocycles. The van der Waals surface area contributed by atoms with Crippen LogP contribution < -0.4 is 16.0 Å². The number of carbonyl (C=O) groups is 1. The molecule has 3 N–H and O–H groups in total. The molecule has 0 bridgehead atoms. The minimum Gasteiger partial charge on any atom is -0.383 e. The van der Waals surface area contributed by atoms with Crippen molar-refractivity contribution in [2.24, 2.45) is 0 Å². The zero-order valence-corrected chi connectivity index (χ0v) is 16.7. The van der Waals surface area contributed by atoms with Gasteiger partial charge in [-0.1, -0.05) is 16.8 Å². The lowest BCUT2D eigenvalue weighted by Crippen LogP contribution is -2.45. The van der Waals surface area contributed by atoms with Gasteiger partial charge in [-0.15, -0.1) is 12.4 Å². The number of amides is 1. The molecule has 27 heavy (non-hydrogen) atoms. The Labute approximate surface area is 169 Å². The van der Waals surface area contributed by atoms with Gasteiger partial charge in [0.2, 0.25) is 0 Å². The van der Waals surface area contributed by atoms with Gasteiger partial charge in [-0.3, -0.25) is 4.79 Å². The van der Waals surface area contributed by atoms with Crippen molar-refractivity contribution >= 4 is 35.7 Å². The number of hydrogen-bond acceptors (Lipinski definition) is 6. The number of anilines is 1. The van der Waals surface area contributed by atoms with E-state index in [1.165, 1.54) is 0 Å². The summed E-state index contributed by atoms with van der Waals surface area (Å²) >= 11 is 5.96. The second kappa shape index (κ2) is 10.5. The summed E-state index contributed by atoms with van der Waals surface area (Å²) in [5.74, 6) is 0.626. The Morgan fingerprint density at radius 1 is 1.41 bits per heavy atom. The molecule has 0 unspecified atom stereocenters. The second-order valence-corrected chi connectivity index (χ2v) is 6.61. The topological polar surface area (TPSA) is 88.4 Å². The summed E-state index contributed by atoms with van der Waals surface area (Å²) in [7, 11) is 1.62. The first-order valence-corrected chi connectivity index (χ1v) is 9.07. The van der Waals surface area contributed by atoms with E-state index < -0.39 is 0 Å². The Bertz CT molecular complexity index is 731. The Hall–Kier alpha value is -1.80. The number of ether oxygens (including phenoxy) is 1. The number of methoxy groups -OCH3 is 1. The van der Waals surface area contributed by atoms with Gasteiger partial charge < -0.3 is 25.2 Å². The molecule has 9 heteroatoms. The van der Waals surface area contributed by atoms with E-state index in [0.29, 0.717) is 35.3 Å². The first-order chi connectivity index (χ1) is 12.7. The number of rotatable bonds is 7. The van der Waals surface area contributed by atoms with Crippen LogP contribution in [-0.2, 0) is 4.74 Å². The lowest BCUT2D eigenvalue weighted by molar-refractivity contribution is 0.0931. The number of nitrogens with zero attached hydrogens (tertiary/aromatic N) is 1. The van der Waals surface area contributed by atoms with Crippen molar-refractivity contribution in [1.82, 2.24) is 15.8 Å². The molecule has 1 atom stereocenters. The molecule has 148 valence electrons. The van der Waals surface area contributed by atoms with Crippen LogP contribution in [0.4, 0.5) is 5.82 Å². The number of carbonyl (C=O) groups excluding carboxylic acids is 1. The van der Waals surface area contributed by atoms with Gasteiger partial charge in [0.1, 0.15) is 5.56 Å². The zero-order chi connectivity index (χ0) is 18.4. The molecular weight excluding hydrogens is 391 g/mol. The molecule has 1 aliphatic rings. The molecule has 7 nitrogen and oxygen atoms in total. The lowest BCUT2D eigenvalue weighted by Gasteiger charge is -2.23. The standard InChI is InChI=1S/C18H23ClN4O3.ClH/c1-25-10-9-21-17-15(18(24)22-14-3-2-8-20-11-14)16(26-23-17)12-4-6-13(19)7-5-12;/h4-7,14,20H,2-3,8-11H2,1H3,(H,21,23)(H,22,24);1H/t14-;/m1./s1. The van der Waals surface area contributed by atoms with E-state index in [1.807, 2.05) is 0 Å². The fourth-order valence-electron chi connectivity index (χ4n) is 2.92. The van der Waals surface area contributed by atoms with Crippen molar-refractivity contribution in [3.05, 3.63) is 34.9 Å². The quantitative estimate of drug-likeness (QED) is 0.603. The predicted molar refractivity (Wildman–Crippen MR) is 108 cm³/mol. The molecule has 1 aromatic heterocycles. The van der Waals surface area contributed by atoms with Crippen LogP contribution in [0.5, 0.6) is 0 Å². The lowest BCUT2D eigenvalue weighted by atomic mass is 10.0. The van der Waals surface area contributed by atoms with Crippen LogP contribution in [0.3, 0.4) is 0 Å². The smallest absolute Gasteiger partial charge is 0.259 e. The summed E-state index contributed by atoms with van der Waals surface area (Å²) in [6, 6.07) is 7.21. The molecule has 1 saturated heterocycles. The van der Waals surface area contributed by atoms with Gasteiger partial charge in [0.25, 0.3) is 5.91 Å². The van der Waals surface area contributed by atoms with E-state index >= 15 is 0 Å². The summed E-state index contributed by atoms with van der Waals surface area (Å²) in [6.45, 7) is 2.77. The highest BCUT2D eigenvalue weighted by Crippen LogP contribution is 2.30. The number of hydrogen-bond donors (Lipinski definition) is 3. The molecule has 1 amide bonds. The highest BCUT2D eigenvalue weighted by atomic mass is 35.5. The van der Waals surface area contributed by atoms with Gasteiger partial charge in [0, 0.05) is 36.8 Å². The molecule has 2 heterocycles. The van der Waals surface area contributed by atoms with Crippen molar-refractivity contribution < 1.29 is 14.1 Å². The van der Waals surface area contributed by atoms with Crippen LogP contribution in [-0.4, -0.2) is 50.5 Å². The Balaban J connectivity index is 0.00000261. The van der Waals surface area contributed by atoms with Crippen LogP contribution in [0.25, 0.3) is 11.3 Å². The summed E-state index contributed by atoms with van der Waals surface area (Å²) in [5.41, 5.74) is 1.14. The summed E-state index contributed by atoms with van der Waals surface area (Å²) < 4.78 is 10.5. The van der Waals surface area contributed by atoms with E-state index in [0.717, 1.165) is 31.5 Å². The predicted octanol–water partition coefficient (Wildman–Crippen LogP) is 2.96. The average Bonchev–Trinajstić information content (AvgIpc) is 3.07. The SMILES string of the molecule is COCCNc1noc(-c2ccc(Cl)cc2)c1C(=O)N[C@@H]1CCCNC1.Cl. The number of aromatic nitrogens is 1. The first kappa shape index (κ1) is 21.5. The van der Waals surface area contributed by atoms with E-state index in [1.54, 1.807) is 31.4 Å².